The summed E-state index contributed by atoms with van der Waals surface area (Å²) in [5.74, 6) is -3.57. The molecule has 3 amide bonds. The van der Waals surface area contributed by atoms with Gasteiger partial charge >= 0.3 is 0 Å². The van der Waals surface area contributed by atoms with Gasteiger partial charge in [0.2, 0.25) is 11.8 Å². The first-order valence-corrected chi connectivity index (χ1v) is 11.0. The lowest BCUT2D eigenvalue weighted by Crippen LogP contribution is -2.52. The molecule has 0 heterocycles. The molecule has 9 nitrogen and oxygen atoms in total. The lowest BCUT2D eigenvalue weighted by Gasteiger charge is -2.25. The Hall–Kier alpha value is -3.56. The Morgan fingerprint density at radius 2 is 1.44 bits per heavy atom. The summed E-state index contributed by atoms with van der Waals surface area (Å²) >= 11 is 0. The van der Waals surface area contributed by atoms with Gasteiger partial charge in [-0.2, -0.15) is 0 Å². The van der Waals surface area contributed by atoms with Gasteiger partial charge in [-0.3, -0.25) is 24.4 Å². The zero-order valence-electron chi connectivity index (χ0n) is 19.4. The van der Waals surface area contributed by atoms with E-state index in [4.69, 9.17) is 5.21 Å². The number of aliphatic hydroxyl groups excluding tert-OH is 1. The van der Waals surface area contributed by atoms with Crippen molar-refractivity contribution in [2.24, 2.45) is 11.8 Å². The second-order valence-corrected chi connectivity index (χ2v) is 8.43. The van der Waals surface area contributed by atoms with Crippen molar-refractivity contribution in [2.45, 2.75) is 38.8 Å². The third kappa shape index (κ3) is 7.23. The zero-order valence-corrected chi connectivity index (χ0v) is 19.4. The first-order chi connectivity index (χ1) is 16.2. The van der Waals surface area contributed by atoms with Gasteiger partial charge in [0, 0.05) is 24.6 Å². The Bertz CT molecular complexity index is 991. The molecule has 2 aromatic carbocycles. The highest BCUT2D eigenvalue weighted by Gasteiger charge is 2.34. The number of rotatable bonds is 11. The van der Waals surface area contributed by atoms with Gasteiger partial charge in [0.1, 0.15) is 12.1 Å². The molecule has 5 N–H and O–H groups in total. The molecule has 0 saturated heterocycles. The third-order valence-corrected chi connectivity index (χ3v) is 5.39. The van der Waals surface area contributed by atoms with Crippen molar-refractivity contribution >= 4 is 23.5 Å². The number of hydrogen-bond donors (Lipinski definition) is 5. The fourth-order valence-electron chi connectivity index (χ4n) is 3.58. The summed E-state index contributed by atoms with van der Waals surface area (Å²) in [5, 5.41) is 24.1. The lowest BCUT2D eigenvalue weighted by atomic mass is 9.90. The molecule has 182 valence electrons. The van der Waals surface area contributed by atoms with Crippen LogP contribution in [0.4, 0.5) is 0 Å². The number of carbonyl (C=O) groups is 4. The quantitative estimate of drug-likeness (QED) is 0.190. The van der Waals surface area contributed by atoms with E-state index in [1.165, 1.54) is 12.5 Å². The van der Waals surface area contributed by atoms with Crippen molar-refractivity contribution in [3.63, 3.8) is 0 Å². The SMILES string of the molecule is CNC(=O)[C@H](Cc1ccc(C(=O)c2ccccc2)cc1)NC(=O)[C@H](CC(C)C)[C@H](O)C(=O)NO. The summed E-state index contributed by atoms with van der Waals surface area (Å²) in [6.45, 7) is 3.64. The van der Waals surface area contributed by atoms with E-state index in [9.17, 15) is 24.3 Å². The van der Waals surface area contributed by atoms with Crippen LogP contribution in [0, 0.1) is 11.8 Å². The van der Waals surface area contributed by atoms with Crippen LogP contribution >= 0.6 is 0 Å². The maximum atomic E-state index is 12.9. The van der Waals surface area contributed by atoms with Gasteiger partial charge in [-0.05, 0) is 17.9 Å². The van der Waals surface area contributed by atoms with Crippen molar-refractivity contribution in [3.05, 3.63) is 71.3 Å². The van der Waals surface area contributed by atoms with Crippen LogP contribution in [0.2, 0.25) is 0 Å². The Morgan fingerprint density at radius 1 is 0.853 bits per heavy atom. The van der Waals surface area contributed by atoms with Crippen molar-refractivity contribution in [1.82, 2.24) is 16.1 Å². The monoisotopic (exact) mass is 469 g/mol. The van der Waals surface area contributed by atoms with E-state index in [0.29, 0.717) is 16.7 Å². The third-order valence-electron chi connectivity index (χ3n) is 5.39. The van der Waals surface area contributed by atoms with Gasteiger partial charge in [0.15, 0.2) is 5.78 Å². The number of hydroxylamine groups is 1. The molecule has 3 atom stereocenters. The van der Waals surface area contributed by atoms with E-state index in [-0.39, 0.29) is 24.5 Å². The molecular formula is C25H31N3O6. The smallest absolute Gasteiger partial charge is 0.272 e. The fraction of sp³-hybridized carbons (Fsp3) is 0.360. The summed E-state index contributed by atoms with van der Waals surface area (Å²) in [6, 6.07) is 14.6. The van der Waals surface area contributed by atoms with Gasteiger partial charge < -0.3 is 15.7 Å². The summed E-state index contributed by atoms with van der Waals surface area (Å²) in [4.78, 5) is 49.6. The van der Waals surface area contributed by atoms with Gasteiger partial charge in [-0.15, -0.1) is 0 Å². The van der Waals surface area contributed by atoms with Gasteiger partial charge in [-0.25, -0.2) is 5.48 Å². The van der Waals surface area contributed by atoms with Gasteiger partial charge in [-0.1, -0.05) is 68.4 Å². The van der Waals surface area contributed by atoms with Crippen LogP contribution in [-0.4, -0.2) is 53.0 Å². The number of aliphatic hydroxyl groups is 1. The normalized spacial score (nSPS) is 13.5. The molecule has 0 fully saturated rings. The molecule has 0 unspecified atom stereocenters. The topological polar surface area (TPSA) is 145 Å². The van der Waals surface area contributed by atoms with E-state index < -0.39 is 35.8 Å². The van der Waals surface area contributed by atoms with Crippen LogP contribution in [-0.2, 0) is 20.8 Å². The van der Waals surface area contributed by atoms with Crippen molar-refractivity contribution < 1.29 is 29.5 Å². The van der Waals surface area contributed by atoms with Crippen LogP contribution in [0.15, 0.2) is 54.6 Å². The lowest BCUT2D eigenvalue weighted by molar-refractivity contribution is -0.147. The summed E-state index contributed by atoms with van der Waals surface area (Å²) in [7, 11) is 1.43. The first kappa shape index (κ1) is 26.7. The highest BCUT2D eigenvalue weighted by molar-refractivity contribution is 6.08. The number of likely N-dealkylation sites (N-methyl/N-ethyl adjacent to an activating group) is 1. The number of carbonyl (C=O) groups excluding carboxylic acids is 4. The fourth-order valence-corrected chi connectivity index (χ4v) is 3.58. The van der Waals surface area contributed by atoms with Crippen LogP contribution in [0.1, 0.15) is 41.8 Å². The molecule has 0 radical (unpaired) electrons. The Morgan fingerprint density at radius 3 is 1.97 bits per heavy atom. The Labute approximate surface area is 198 Å². The van der Waals surface area contributed by atoms with Crippen molar-refractivity contribution in [1.29, 1.82) is 0 Å². The molecular weight excluding hydrogens is 438 g/mol. The minimum atomic E-state index is -1.78. The maximum absolute atomic E-state index is 12.9. The van der Waals surface area contributed by atoms with Crippen LogP contribution < -0.4 is 16.1 Å². The number of hydrogen-bond acceptors (Lipinski definition) is 6. The van der Waals surface area contributed by atoms with Gasteiger partial charge in [0.25, 0.3) is 5.91 Å². The molecule has 0 aliphatic heterocycles. The summed E-state index contributed by atoms with van der Waals surface area (Å²) < 4.78 is 0. The average Bonchev–Trinajstić information content (AvgIpc) is 2.85. The maximum Gasteiger partial charge on any atom is 0.272 e. The molecule has 0 bridgehead atoms. The van der Waals surface area contributed by atoms with E-state index in [0.717, 1.165) is 0 Å². The molecule has 34 heavy (non-hydrogen) atoms. The van der Waals surface area contributed by atoms with Crippen LogP contribution in [0.3, 0.4) is 0 Å². The van der Waals surface area contributed by atoms with Crippen LogP contribution in [0.5, 0.6) is 0 Å². The highest BCUT2D eigenvalue weighted by Crippen LogP contribution is 2.18. The Balaban J connectivity index is 2.17. The number of benzene rings is 2. The molecule has 0 saturated carbocycles. The van der Waals surface area contributed by atoms with Crippen molar-refractivity contribution in [3.8, 4) is 0 Å². The Kier molecular flexibility index (Phi) is 9.91. The molecule has 0 aromatic heterocycles. The van der Waals surface area contributed by atoms with E-state index in [1.54, 1.807) is 48.5 Å². The largest absolute Gasteiger partial charge is 0.382 e. The minimum absolute atomic E-state index is 0.0370. The second kappa shape index (κ2) is 12.6. The predicted octanol–water partition coefficient (Wildman–Crippen LogP) is 1.22. The number of amides is 3. The summed E-state index contributed by atoms with van der Waals surface area (Å²) in [5.41, 5.74) is 3.11. The molecule has 2 aromatic rings. The predicted molar refractivity (Wildman–Crippen MR) is 125 cm³/mol. The van der Waals surface area contributed by atoms with Crippen molar-refractivity contribution in [2.75, 3.05) is 7.05 Å². The van der Waals surface area contributed by atoms with E-state index in [2.05, 4.69) is 10.6 Å². The molecule has 0 aliphatic carbocycles. The van der Waals surface area contributed by atoms with Gasteiger partial charge in [0.05, 0.1) is 5.92 Å². The molecule has 2 rings (SSSR count). The molecule has 0 spiro atoms. The van der Waals surface area contributed by atoms with Crippen LogP contribution in [0.25, 0.3) is 0 Å². The van der Waals surface area contributed by atoms with E-state index >= 15 is 0 Å². The first-order valence-electron chi connectivity index (χ1n) is 11.0. The zero-order chi connectivity index (χ0) is 25.3. The average molecular weight is 470 g/mol. The second-order valence-electron chi connectivity index (χ2n) is 8.43. The number of nitrogens with one attached hydrogen (secondary N) is 3. The summed E-state index contributed by atoms with van der Waals surface area (Å²) in [6.07, 6.45) is -1.49. The highest BCUT2D eigenvalue weighted by atomic mass is 16.5. The minimum Gasteiger partial charge on any atom is -0.382 e. The van der Waals surface area contributed by atoms with E-state index in [1.807, 2.05) is 19.9 Å². The number of ketones is 1. The standard InChI is InChI=1S/C25H31N3O6/c1-15(2)13-19(22(30)25(33)28-34)23(31)27-20(24(32)26-3)14-16-9-11-18(12-10-16)21(29)17-7-5-4-6-8-17/h4-12,15,19-20,22,30,34H,13-14H2,1-3H3,(H,26,32)(H,27,31)(H,28,33)/t19-,20+,22+/m1/s1. The molecule has 0 aliphatic rings. The molecule has 9 heteroatoms.